The number of hydrogen-bond acceptors (Lipinski definition) is 5. The van der Waals surface area contributed by atoms with E-state index in [1.54, 1.807) is 6.92 Å². The normalized spacial score (nSPS) is 15.0. The number of nitro groups is 1. The maximum Gasteiger partial charge on any atom is 0.272 e. The Morgan fingerprint density at radius 3 is 2.81 bits per heavy atom. The second-order valence-electron chi connectivity index (χ2n) is 6.57. The molecule has 0 radical (unpaired) electrons. The first-order valence-electron chi connectivity index (χ1n) is 8.87. The van der Waals surface area contributed by atoms with Crippen molar-refractivity contribution in [3.63, 3.8) is 0 Å². The number of nitro benzene ring substituents is 1. The molecule has 0 bridgehead atoms. The minimum Gasteiger partial charge on any atom is -0.494 e. The summed E-state index contributed by atoms with van der Waals surface area (Å²) in [6.45, 7) is 6.33. The third-order valence-electron chi connectivity index (χ3n) is 4.47. The van der Waals surface area contributed by atoms with Crippen LogP contribution in [0.25, 0.3) is 0 Å². The van der Waals surface area contributed by atoms with E-state index in [9.17, 15) is 14.9 Å². The largest absolute Gasteiger partial charge is 0.494 e. The Hall–Kier alpha value is -3.09. The average Bonchev–Trinajstić information content (AvgIpc) is 2.98. The Bertz CT molecular complexity index is 894. The molecule has 0 aliphatic carbocycles. The van der Waals surface area contributed by atoms with Crippen LogP contribution in [0, 0.1) is 17.0 Å². The van der Waals surface area contributed by atoms with Crippen molar-refractivity contribution in [3.05, 3.63) is 62.7 Å². The van der Waals surface area contributed by atoms with Crippen molar-refractivity contribution in [1.82, 2.24) is 5.32 Å². The van der Waals surface area contributed by atoms with Crippen LogP contribution in [0.2, 0.25) is 0 Å². The summed E-state index contributed by atoms with van der Waals surface area (Å²) in [6.07, 6.45) is 0.965. The third-order valence-corrected chi connectivity index (χ3v) is 4.47. The van der Waals surface area contributed by atoms with Crippen LogP contribution < -0.4 is 14.8 Å². The van der Waals surface area contributed by atoms with E-state index in [1.165, 1.54) is 18.2 Å². The standard InChI is InChI=1S/C20H22N2O5/c1-4-26-18-9-15-8-13(3)27-19(15)10-16(18)11-21-20(23)14-5-6-17(22(24)25)12(2)7-14/h5-7,9-10,13H,4,8,11H2,1-3H3,(H,21,23)/t13-/m0/s1. The molecule has 2 aromatic carbocycles. The Labute approximate surface area is 157 Å². The Balaban J connectivity index is 1.76. The predicted octanol–water partition coefficient (Wildman–Crippen LogP) is 3.56. The van der Waals surface area contributed by atoms with Crippen LogP contribution in [0.1, 0.15) is 40.9 Å². The smallest absolute Gasteiger partial charge is 0.272 e. The van der Waals surface area contributed by atoms with Crippen LogP contribution in [0.4, 0.5) is 5.69 Å². The molecule has 1 aliphatic heterocycles. The first-order chi connectivity index (χ1) is 12.9. The molecule has 0 spiro atoms. The van der Waals surface area contributed by atoms with E-state index in [4.69, 9.17) is 9.47 Å². The zero-order valence-corrected chi connectivity index (χ0v) is 15.6. The first kappa shape index (κ1) is 18.7. The van der Waals surface area contributed by atoms with Gasteiger partial charge in [0.15, 0.2) is 0 Å². The number of hydrogen-bond donors (Lipinski definition) is 1. The number of amides is 1. The van der Waals surface area contributed by atoms with Crippen LogP contribution in [-0.4, -0.2) is 23.5 Å². The molecule has 7 nitrogen and oxygen atoms in total. The van der Waals surface area contributed by atoms with E-state index in [0.29, 0.717) is 17.7 Å². The highest BCUT2D eigenvalue weighted by Gasteiger charge is 2.22. The number of aryl methyl sites for hydroxylation is 1. The van der Waals surface area contributed by atoms with Gasteiger partial charge in [-0.3, -0.25) is 14.9 Å². The van der Waals surface area contributed by atoms with Gasteiger partial charge in [0.25, 0.3) is 11.6 Å². The summed E-state index contributed by atoms with van der Waals surface area (Å²) in [5.74, 6) is 1.25. The highest BCUT2D eigenvalue weighted by molar-refractivity contribution is 5.94. The van der Waals surface area contributed by atoms with E-state index in [0.717, 1.165) is 29.0 Å². The molecule has 1 atom stereocenters. The lowest BCUT2D eigenvalue weighted by molar-refractivity contribution is -0.385. The molecule has 1 heterocycles. The van der Waals surface area contributed by atoms with E-state index in [1.807, 2.05) is 26.0 Å². The van der Waals surface area contributed by atoms with Gasteiger partial charge in [0.05, 0.1) is 11.5 Å². The van der Waals surface area contributed by atoms with Crippen LogP contribution in [0.3, 0.4) is 0 Å². The number of fused-ring (bicyclic) bond motifs is 1. The summed E-state index contributed by atoms with van der Waals surface area (Å²) in [4.78, 5) is 22.9. The number of nitrogens with zero attached hydrogens (tertiary/aromatic N) is 1. The Morgan fingerprint density at radius 2 is 2.15 bits per heavy atom. The van der Waals surface area contributed by atoms with Crippen molar-refractivity contribution in [2.45, 2.75) is 39.8 Å². The Morgan fingerprint density at radius 1 is 1.37 bits per heavy atom. The number of benzene rings is 2. The molecule has 1 aliphatic rings. The van der Waals surface area contributed by atoms with Crippen molar-refractivity contribution < 1.29 is 19.2 Å². The quantitative estimate of drug-likeness (QED) is 0.620. The lowest BCUT2D eigenvalue weighted by atomic mass is 10.1. The van der Waals surface area contributed by atoms with E-state index in [2.05, 4.69) is 5.32 Å². The third kappa shape index (κ3) is 4.02. The molecule has 0 saturated heterocycles. The summed E-state index contributed by atoms with van der Waals surface area (Å²) in [5, 5.41) is 13.8. The highest BCUT2D eigenvalue weighted by Crippen LogP contribution is 2.35. The summed E-state index contributed by atoms with van der Waals surface area (Å²) in [5.41, 5.74) is 2.75. The van der Waals surface area contributed by atoms with Crippen molar-refractivity contribution >= 4 is 11.6 Å². The highest BCUT2D eigenvalue weighted by atomic mass is 16.6. The first-order valence-corrected chi connectivity index (χ1v) is 8.87. The van der Waals surface area contributed by atoms with Crippen LogP contribution in [0.5, 0.6) is 11.5 Å². The van der Waals surface area contributed by atoms with Crippen molar-refractivity contribution in [2.75, 3.05) is 6.61 Å². The number of nitrogens with one attached hydrogen (secondary N) is 1. The van der Waals surface area contributed by atoms with Gasteiger partial charge < -0.3 is 14.8 Å². The SMILES string of the molecule is CCOc1cc2c(cc1CNC(=O)c1ccc([N+](=O)[O-])c(C)c1)O[C@@H](C)C2. The van der Waals surface area contributed by atoms with Crippen molar-refractivity contribution in [1.29, 1.82) is 0 Å². The Kier molecular flexibility index (Phi) is 5.30. The van der Waals surface area contributed by atoms with E-state index < -0.39 is 4.92 Å². The van der Waals surface area contributed by atoms with Gasteiger partial charge in [0.2, 0.25) is 0 Å². The maximum atomic E-state index is 12.5. The molecule has 0 fully saturated rings. The topological polar surface area (TPSA) is 90.7 Å². The van der Waals surface area contributed by atoms with E-state index >= 15 is 0 Å². The van der Waals surface area contributed by atoms with Crippen molar-refractivity contribution in [2.24, 2.45) is 0 Å². The molecule has 2 aromatic rings. The molecule has 1 amide bonds. The second kappa shape index (κ2) is 7.65. The van der Waals surface area contributed by atoms with Gasteiger partial charge in [0, 0.05) is 41.3 Å². The summed E-state index contributed by atoms with van der Waals surface area (Å²) in [6, 6.07) is 8.20. The molecule has 7 heteroatoms. The molecule has 1 N–H and O–H groups in total. The molecule has 142 valence electrons. The predicted molar refractivity (Wildman–Crippen MR) is 100 cm³/mol. The minimum absolute atomic E-state index is 0.00456. The van der Waals surface area contributed by atoms with Crippen LogP contribution in [-0.2, 0) is 13.0 Å². The average molecular weight is 370 g/mol. The molecule has 0 aromatic heterocycles. The minimum atomic E-state index is -0.461. The summed E-state index contributed by atoms with van der Waals surface area (Å²) in [7, 11) is 0. The van der Waals surface area contributed by atoms with Gasteiger partial charge in [-0.2, -0.15) is 0 Å². The molecular weight excluding hydrogens is 348 g/mol. The summed E-state index contributed by atoms with van der Waals surface area (Å²) >= 11 is 0. The number of ether oxygens (including phenoxy) is 2. The summed E-state index contributed by atoms with van der Waals surface area (Å²) < 4.78 is 11.5. The van der Waals surface area contributed by atoms with Gasteiger partial charge in [-0.05, 0) is 45.0 Å². The van der Waals surface area contributed by atoms with Gasteiger partial charge in [-0.25, -0.2) is 0 Å². The molecular formula is C20H22N2O5. The molecule has 0 unspecified atom stereocenters. The van der Waals surface area contributed by atoms with Gasteiger partial charge in [0.1, 0.15) is 17.6 Å². The van der Waals surface area contributed by atoms with Crippen molar-refractivity contribution in [3.8, 4) is 11.5 Å². The van der Waals surface area contributed by atoms with Crippen LogP contribution >= 0.6 is 0 Å². The maximum absolute atomic E-state index is 12.5. The van der Waals surface area contributed by atoms with Gasteiger partial charge in [-0.1, -0.05) is 0 Å². The fourth-order valence-corrected chi connectivity index (χ4v) is 3.19. The number of carbonyl (C=O) groups excluding carboxylic acids is 1. The monoisotopic (exact) mass is 370 g/mol. The lowest BCUT2D eigenvalue weighted by Gasteiger charge is -2.13. The lowest BCUT2D eigenvalue weighted by Crippen LogP contribution is -2.23. The fraction of sp³-hybridized carbons (Fsp3) is 0.350. The zero-order chi connectivity index (χ0) is 19.6. The second-order valence-corrected chi connectivity index (χ2v) is 6.57. The number of carbonyl (C=O) groups is 1. The van der Waals surface area contributed by atoms with Crippen LogP contribution in [0.15, 0.2) is 30.3 Å². The molecule has 0 saturated carbocycles. The molecule has 27 heavy (non-hydrogen) atoms. The van der Waals surface area contributed by atoms with Gasteiger partial charge in [-0.15, -0.1) is 0 Å². The van der Waals surface area contributed by atoms with E-state index in [-0.39, 0.29) is 24.2 Å². The molecule has 3 rings (SSSR count). The van der Waals surface area contributed by atoms with Gasteiger partial charge >= 0.3 is 0 Å². The zero-order valence-electron chi connectivity index (χ0n) is 15.6. The fourth-order valence-electron chi connectivity index (χ4n) is 3.19. The number of rotatable bonds is 6.